The fourth-order valence-corrected chi connectivity index (χ4v) is 1.83. The lowest BCUT2D eigenvalue weighted by atomic mass is 10.4. The van der Waals surface area contributed by atoms with Crippen LogP contribution in [0.15, 0.2) is 0 Å². The fraction of sp³-hybridized carbons (Fsp3) is 1.00. The second kappa shape index (κ2) is 7.17. The van der Waals surface area contributed by atoms with Crippen LogP contribution in [-0.2, 0) is 14.8 Å². The lowest BCUT2D eigenvalue weighted by molar-refractivity contribution is 0.122. The monoisotopic (exact) mass is 224 g/mol. The second-order valence-corrected chi connectivity index (χ2v) is 4.99. The van der Waals surface area contributed by atoms with Gasteiger partial charge in [0.05, 0.1) is 11.9 Å². The molecule has 0 heterocycles. The van der Waals surface area contributed by atoms with E-state index in [2.05, 4.69) is 10.0 Å². The number of hydrogen-bond acceptors (Lipinski definition) is 4. The molecule has 0 amide bonds. The number of hydrogen-bond donors (Lipinski definition) is 2. The van der Waals surface area contributed by atoms with Crippen molar-refractivity contribution < 1.29 is 13.2 Å². The van der Waals surface area contributed by atoms with Crippen LogP contribution >= 0.6 is 0 Å². The van der Waals surface area contributed by atoms with Crippen molar-refractivity contribution >= 4 is 10.0 Å². The summed E-state index contributed by atoms with van der Waals surface area (Å²) < 4.78 is 30.0. The zero-order chi connectivity index (χ0) is 11.0. The Morgan fingerprint density at radius 2 is 2.07 bits per heavy atom. The van der Waals surface area contributed by atoms with Gasteiger partial charge in [-0.05, 0) is 13.5 Å². The van der Waals surface area contributed by atoms with Crippen molar-refractivity contribution in [1.82, 2.24) is 10.0 Å². The van der Waals surface area contributed by atoms with E-state index in [4.69, 9.17) is 4.74 Å². The molecule has 0 spiro atoms. The van der Waals surface area contributed by atoms with Gasteiger partial charge in [0.1, 0.15) is 0 Å². The minimum absolute atomic E-state index is 0.0936. The predicted octanol–water partition coefficient (Wildman–Crippen LogP) is -0.450. The molecule has 0 aliphatic carbocycles. The van der Waals surface area contributed by atoms with E-state index in [1.807, 2.05) is 13.8 Å². The maximum Gasteiger partial charge on any atom is 0.212 e. The van der Waals surface area contributed by atoms with Gasteiger partial charge in [0.2, 0.25) is 10.0 Å². The maximum absolute atomic E-state index is 11.3. The van der Waals surface area contributed by atoms with Crippen LogP contribution in [0.3, 0.4) is 0 Å². The number of sulfonamides is 1. The van der Waals surface area contributed by atoms with E-state index in [0.717, 1.165) is 6.54 Å². The van der Waals surface area contributed by atoms with Crippen LogP contribution in [0.25, 0.3) is 0 Å². The molecule has 0 rings (SSSR count). The third-order valence-corrected chi connectivity index (χ3v) is 3.14. The van der Waals surface area contributed by atoms with Gasteiger partial charge < -0.3 is 10.1 Å². The first kappa shape index (κ1) is 13.8. The summed E-state index contributed by atoms with van der Waals surface area (Å²) in [6.07, 6.45) is -0.0936. The Kier molecular flexibility index (Phi) is 7.08. The molecule has 5 nitrogen and oxygen atoms in total. The zero-order valence-electron chi connectivity index (χ0n) is 9.04. The van der Waals surface area contributed by atoms with Crippen LogP contribution in [-0.4, -0.2) is 47.0 Å². The smallest absolute Gasteiger partial charge is 0.212 e. The quantitative estimate of drug-likeness (QED) is 0.548. The Balaban J connectivity index is 3.73. The summed E-state index contributed by atoms with van der Waals surface area (Å²) in [7, 11) is -1.60. The summed E-state index contributed by atoms with van der Waals surface area (Å²) in [6, 6.07) is 0. The maximum atomic E-state index is 11.3. The third kappa shape index (κ3) is 7.25. The first-order valence-corrected chi connectivity index (χ1v) is 6.38. The number of ether oxygens (including phenoxy) is 1. The van der Waals surface area contributed by atoms with E-state index in [1.165, 1.54) is 0 Å². The molecule has 2 N–H and O–H groups in total. The normalized spacial score (nSPS) is 14.2. The lowest BCUT2D eigenvalue weighted by Gasteiger charge is -2.11. The Morgan fingerprint density at radius 3 is 2.57 bits per heavy atom. The first-order chi connectivity index (χ1) is 6.52. The molecule has 0 aliphatic heterocycles. The molecular formula is C8H20N2O3S. The minimum Gasteiger partial charge on any atom is -0.380 e. The molecule has 0 aromatic rings. The van der Waals surface area contributed by atoms with E-state index in [-0.39, 0.29) is 11.9 Å². The molecule has 0 saturated heterocycles. The van der Waals surface area contributed by atoms with Gasteiger partial charge in [-0.3, -0.25) is 0 Å². The molecule has 14 heavy (non-hydrogen) atoms. The van der Waals surface area contributed by atoms with E-state index < -0.39 is 10.0 Å². The highest BCUT2D eigenvalue weighted by molar-refractivity contribution is 7.89. The molecule has 86 valence electrons. The second-order valence-electron chi connectivity index (χ2n) is 3.07. The molecule has 0 radical (unpaired) electrons. The summed E-state index contributed by atoms with van der Waals surface area (Å²) in [6.45, 7) is 5.34. The molecule has 1 atom stereocenters. The topological polar surface area (TPSA) is 67.4 Å². The third-order valence-electron chi connectivity index (χ3n) is 1.79. The van der Waals surface area contributed by atoms with Gasteiger partial charge >= 0.3 is 0 Å². The van der Waals surface area contributed by atoms with Gasteiger partial charge in [-0.15, -0.1) is 0 Å². The van der Waals surface area contributed by atoms with Gasteiger partial charge in [0.15, 0.2) is 0 Å². The van der Waals surface area contributed by atoms with Crippen LogP contribution in [0.4, 0.5) is 0 Å². The van der Waals surface area contributed by atoms with E-state index >= 15 is 0 Å². The Hall–Kier alpha value is -0.170. The van der Waals surface area contributed by atoms with Crippen LogP contribution in [0.5, 0.6) is 0 Å². The van der Waals surface area contributed by atoms with Crippen molar-refractivity contribution in [1.29, 1.82) is 0 Å². The molecule has 0 aliphatic rings. The van der Waals surface area contributed by atoms with Crippen molar-refractivity contribution in [3.05, 3.63) is 0 Å². The number of nitrogens with one attached hydrogen (secondary N) is 2. The van der Waals surface area contributed by atoms with Gasteiger partial charge in [-0.2, -0.15) is 0 Å². The van der Waals surface area contributed by atoms with Gasteiger partial charge in [0.25, 0.3) is 0 Å². The summed E-state index contributed by atoms with van der Waals surface area (Å²) >= 11 is 0. The molecule has 0 bridgehead atoms. The standard InChI is InChI=1S/C8H20N2O3S/c1-4-9-5-6-14(11,12)10-7-8(2)13-3/h8-10H,4-7H2,1-3H3. The average Bonchev–Trinajstić information content (AvgIpc) is 2.14. The average molecular weight is 224 g/mol. The SMILES string of the molecule is CCNCCS(=O)(=O)NCC(C)OC. The summed E-state index contributed by atoms with van der Waals surface area (Å²) in [5.74, 6) is 0.108. The Bertz CT molecular complexity index is 229. The zero-order valence-corrected chi connectivity index (χ0v) is 9.86. The van der Waals surface area contributed by atoms with Crippen LogP contribution in [0.1, 0.15) is 13.8 Å². The van der Waals surface area contributed by atoms with E-state index in [0.29, 0.717) is 13.1 Å². The highest BCUT2D eigenvalue weighted by atomic mass is 32.2. The highest BCUT2D eigenvalue weighted by Gasteiger charge is 2.10. The summed E-state index contributed by atoms with van der Waals surface area (Å²) in [4.78, 5) is 0. The molecule has 0 saturated carbocycles. The van der Waals surface area contributed by atoms with Crippen LogP contribution in [0, 0.1) is 0 Å². The Morgan fingerprint density at radius 1 is 1.43 bits per heavy atom. The van der Waals surface area contributed by atoms with Crippen molar-refractivity contribution in [2.24, 2.45) is 0 Å². The van der Waals surface area contributed by atoms with Crippen molar-refractivity contribution in [2.75, 3.05) is 32.5 Å². The van der Waals surface area contributed by atoms with Crippen molar-refractivity contribution in [3.63, 3.8) is 0 Å². The van der Waals surface area contributed by atoms with Crippen molar-refractivity contribution in [2.45, 2.75) is 20.0 Å². The van der Waals surface area contributed by atoms with Crippen LogP contribution < -0.4 is 10.0 Å². The largest absolute Gasteiger partial charge is 0.380 e. The molecular weight excluding hydrogens is 204 g/mol. The minimum atomic E-state index is -3.15. The van der Waals surface area contributed by atoms with E-state index in [9.17, 15) is 8.42 Å². The highest BCUT2D eigenvalue weighted by Crippen LogP contribution is 1.88. The molecule has 6 heteroatoms. The molecule has 0 aromatic carbocycles. The fourth-order valence-electron chi connectivity index (χ4n) is 0.783. The van der Waals surface area contributed by atoms with E-state index in [1.54, 1.807) is 7.11 Å². The molecule has 1 unspecified atom stereocenters. The Labute approximate surface area is 86.3 Å². The van der Waals surface area contributed by atoms with Gasteiger partial charge in [0, 0.05) is 20.2 Å². The molecule has 0 fully saturated rings. The van der Waals surface area contributed by atoms with Gasteiger partial charge in [-0.1, -0.05) is 6.92 Å². The summed E-state index contributed by atoms with van der Waals surface area (Å²) in [5.41, 5.74) is 0. The molecule has 0 aromatic heterocycles. The lowest BCUT2D eigenvalue weighted by Crippen LogP contribution is -2.36. The number of methoxy groups -OCH3 is 1. The predicted molar refractivity (Wildman–Crippen MR) is 56.8 cm³/mol. The van der Waals surface area contributed by atoms with Crippen molar-refractivity contribution in [3.8, 4) is 0 Å². The number of rotatable bonds is 8. The summed E-state index contributed by atoms with van der Waals surface area (Å²) in [5, 5.41) is 2.96. The van der Waals surface area contributed by atoms with Gasteiger partial charge in [-0.25, -0.2) is 13.1 Å². The van der Waals surface area contributed by atoms with Crippen LogP contribution in [0.2, 0.25) is 0 Å². The first-order valence-electron chi connectivity index (χ1n) is 4.72.